The zero-order chi connectivity index (χ0) is 34.1. The Balaban J connectivity index is 1.47. The van der Waals surface area contributed by atoms with Gasteiger partial charge in [0.25, 0.3) is 0 Å². The Morgan fingerprint density at radius 2 is 1.35 bits per heavy atom. The number of hydrogen-bond acceptors (Lipinski definition) is 6. The zero-order valence-electron chi connectivity index (χ0n) is 27.5. The predicted octanol–water partition coefficient (Wildman–Crippen LogP) is 6.55. The number of nitrogens with zero attached hydrogens (tertiary/aromatic N) is 1. The summed E-state index contributed by atoms with van der Waals surface area (Å²) in [7, 11) is 0. The number of alkyl carbamates (subject to hydrolysis) is 1. The maximum atomic E-state index is 13.6. The molecule has 0 fully saturated rings. The van der Waals surface area contributed by atoms with Crippen LogP contribution in [0.25, 0.3) is 0 Å². The molecule has 0 heterocycles. The van der Waals surface area contributed by atoms with Crippen LogP contribution in [0.1, 0.15) is 37.0 Å². The van der Waals surface area contributed by atoms with E-state index in [1.54, 1.807) is 0 Å². The minimum absolute atomic E-state index is 0.0769. The Labute approximate surface area is 282 Å². The van der Waals surface area contributed by atoms with Gasteiger partial charge < -0.3 is 34.9 Å². The minimum atomic E-state index is -1.15. The number of aliphatic hydroxyl groups is 1. The molecule has 3 amide bonds. The first-order valence-electron chi connectivity index (χ1n) is 16.3. The Morgan fingerprint density at radius 1 is 0.771 bits per heavy atom. The van der Waals surface area contributed by atoms with E-state index in [4.69, 9.17) is 9.47 Å². The molecule has 48 heavy (non-hydrogen) atoms. The van der Waals surface area contributed by atoms with Crippen LogP contribution in [0.3, 0.4) is 0 Å². The van der Waals surface area contributed by atoms with Gasteiger partial charge in [-0.2, -0.15) is 0 Å². The molecule has 0 saturated carbocycles. The van der Waals surface area contributed by atoms with Crippen LogP contribution in [-0.4, -0.2) is 59.7 Å². The fourth-order valence-corrected chi connectivity index (χ4v) is 5.22. The van der Waals surface area contributed by atoms with E-state index in [1.807, 2.05) is 129 Å². The second-order valence-corrected chi connectivity index (χ2v) is 12.1. The summed E-state index contributed by atoms with van der Waals surface area (Å²) in [6.45, 7) is 4.20. The van der Waals surface area contributed by atoms with E-state index in [1.165, 1.54) is 4.90 Å². The zero-order valence-corrected chi connectivity index (χ0v) is 27.5. The van der Waals surface area contributed by atoms with Gasteiger partial charge in [-0.05, 0) is 66.1 Å². The average Bonchev–Trinajstić information content (AvgIpc) is 3.10. The van der Waals surface area contributed by atoms with Crippen molar-refractivity contribution in [2.45, 2.75) is 57.9 Å². The number of aldehydes is 1. The van der Waals surface area contributed by atoms with Crippen LogP contribution >= 0.6 is 0 Å². The molecule has 0 aliphatic carbocycles. The number of aliphatic hydroxyl groups excluding tert-OH is 1. The first-order valence-corrected chi connectivity index (χ1v) is 16.3. The van der Waals surface area contributed by atoms with E-state index in [9.17, 15) is 19.5 Å². The second-order valence-electron chi connectivity index (χ2n) is 12.1. The molecule has 3 atom stereocenters. The van der Waals surface area contributed by atoms with E-state index in [2.05, 4.69) is 10.6 Å². The summed E-state index contributed by atoms with van der Waals surface area (Å²) in [5.41, 5.74) is 2.69. The number of carbonyl (C=O) groups excluding carboxylic acids is 3. The Kier molecular flexibility index (Phi) is 14.0. The highest BCUT2D eigenvalue weighted by atomic mass is 16.5. The van der Waals surface area contributed by atoms with Gasteiger partial charge in [0.15, 0.2) is 0 Å². The smallest absolute Gasteiger partial charge is 0.407 e. The van der Waals surface area contributed by atoms with Crippen molar-refractivity contribution in [2.75, 3.05) is 13.1 Å². The van der Waals surface area contributed by atoms with E-state index in [-0.39, 0.29) is 25.6 Å². The summed E-state index contributed by atoms with van der Waals surface area (Å²) in [5, 5.41) is 17.2. The van der Waals surface area contributed by atoms with Crippen molar-refractivity contribution in [3.05, 3.63) is 132 Å². The fourth-order valence-electron chi connectivity index (χ4n) is 5.22. The number of rotatable bonds is 17. The fraction of sp³-hybridized carbons (Fsp3) is 0.308. The van der Waals surface area contributed by atoms with Crippen molar-refractivity contribution in [3.63, 3.8) is 0 Å². The molecule has 0 aliphatic rings. The van der Waals surface area contributed by atoms with E-state index >= 15 is 0 Å². The number of benzene rings is 4. The lowest BCUT2D eigenvalue weighted by atomic mass is 10.0. The summed E-state index contributed by atoms with van der Waals surface area (Å²) >= 11 is 0. The summed E-state index contributed by atoms with van der Waals surface area (Å²) in [6, 6.07) is 34.0. The number of nitrogens with one attached hydrogen (secondary N) is 2. The molecule has 0 aromatic heterocycles. The Morgan fingerprint density at radius 3 is 1.96 bits per heavy atom. The molecule has 0 radical (unpaired) electrons. The summed E-state index contributed by atoms with van der Waals surface area (Å²) in [5.74, 6) is 1.61. The molecule has 252 valence electrons. The van der Waals surface area contributed by atoms with Crippen LogP contribution in [0, 0.1) is 5.92 Å². The summed E-state index contributed by atoms with van der Waals surface area (Å²) < 4.78 is 11.4. The molecular formula is C39H45N3O6. The standard InChI is InChI=1S/C39H45N3O6/c1-29(2)24-33(27-43)40-38(45)42(23-22-30-18-20-35(21-19-30)48-34-16-10-5-11-17-34)26-37(44)36(25-31-12-6-3-7-13-31)41-39(46)47-28-32-14-8-4-9-15-32/h3-21,27,29,33,36-37,44H,22-26,28H2,1-2H3,(H,40,45)(H,41,46)/t33-,36?,37?/m0/s1. The number of para-hydroxylation sites is 1. The number of carbonyl (C=O) groups is 3. The maximum Gasteiger partial charge on any atom is 0.407 e. The Hall–Kier alpha value is -5.15. The lowest BCUT2D eigenvalue weighted by molar-refractivity contribution is -0.109. The third-order valence-corrected chi connectivity index (χ3v) is 7.74. The molecule has 4 aromatic rings. The van der Waals surface area contributed by atoms with Crippen molar-refractivity contribution in [1.82, 2.24) is 15.5 Å². The largest absolute Gasteiger partial charge is 0.457 e. The molecule has 4 aromatic carbocycles. The average molecular weight is 652 g/mol. The molecule has 4 rings (SSSR count). The van der Waals surface area contributed by atoms with Crippen LogP contribution in [0.4, 0.5) is 9.59 Å². The van der Waals surface area contributed by atoms with Gasteiger partial charge in [-0.3, -0.25) is 0 Å². The molecular weight excluding hydrogens is 606 g/mol. The summed E-state index contributed by atoms with van der Waals surface area (Å²) in [6.07, 6.45) is 0.190. The van der Waals surface area contributed by atoms with Crippen LogP contribution in [0.15, 0.2) is 115 Å². The van der Waals surface area contributed by atoms with E-state index in [0.717, 1.165) is 28.7 Å². The second kappa shape index (κ2) is 18.9. The molecule has 0 aliphatic heterocycles. The highest BCUT2D eigenvalue weighted by Crippen LogP contribution is 2.21. The van der Waals surface area contributed by atoms with Crippen LogP contribution in [-0.2, 0) is 29.0 Å². The first-order chi connectivity index (χ1) is 23.3. The molecule has 0 spiro atoms. The van der Waals surface area contributed by atoms with E-state index < -0.39 is 30.3 Å². The molecule has 3 N–H and O–H groups in total. The molecule has 0 bridgehead atoms. The van der Waals surface area contributed by atoms with Crippen molar-refractivity contribution in [3.8, 4) is 11.5 Å². The van der Waals surface area contributed by atoms with Crippen LogP contribution in [0.2, 0.25) is 0 Å². The first kappa shape index (κ1) is 35.7. The van der Waals surface area contributed by atoms with Crippen molar-refractivity contribution < 1.29 is 29.0 Å². The molecule has 0 saturated heterocycles. The normalized spacial score (nSPS) is 12.8. The minimum Gasteiger partial charge on any atom is -0.457 e. The van der Waals surface area contributed by atoms with Gasteiger partial charge in [0.2, 0.25) is 0 Å². The molecule has 2 unspecified atom stereocenters. The quantitative estimate of drug-likeness (QED) is 0.112. The third kappa shape index (κ3) is 12.2. The third-order valence-electron chi connectivity index (χ3n) is 7.74. The number of hydrogen-bond donors (Lipinski definition) is 3. The van der Waals surface area contributed by atoms with Gasteiger partial charge in [0.05, 0.1) is 24.7 Å². The van der Waals surface area contributed by atoms with Crippen molar-refractivity contribution in [1.29, 1.82) is 0 Å². The number of ether oxygens (including phenoxy) is 2. The Bertz CT molecular complexity index is 1530. The van der Waals surface area contributed by atoms with Gasteiger partial charge in [0, 0.05) is 6.54 Å². The summed E-state index contributed by atoms with van der Waals surface area (Å²) in [4.78, 5) is 39.8. The van der Waals surface area contributed by atoms with Gasteiger partial charge in [-0.1, -0.05) is 105 Å². The van der Waals surface area contributed by atoms with E-state index in [0.29, 0.717) is 25.0 Å². The van der Waals surface area contributed by atoms with Crippen molar-refractivity contribution >= 4 is 18.4 Å². The highest BCUT2D eigenvalue weighted by molar-refractivity contribution is 5.78. The van der Waals surface area contributed by atoms with Crippen LogP contribution in [0.5, 0.6) is 11.5 Å². The van der Waals surface area contributed by atoms with Gasteiger partial charge in [-0.25, -0.2) is 9.59 Å². The molecule has 9 heteroatoms. The topological polar surface area (TPSA) is 117 Å². The van der Waals surface area contributed by atoms with Gasteiger partial charge in [-0.15, -0.1) is 0 Å². The monoisotopic (exact) mass is 651 g/mol. The van der Waals surface area contributed by atoms with Crippen LogP contribution < -0.4 is 15.4 Å². The highest BCUT2D eigenvalue weighted by Gasteiger charge is 2.28. The SMILES string of the molecule is CC(C)C[C@@H](C=O)NC(=O)N(CCc1ccc(Oc2ccccc2)cc1)CC(O)C(Cc1ccccc1)NC(=O)OCc1ccccc1. The predicted molar refractivity (Wildman–Crippen MR) is 186 cm³/mol. The number of amides is 3. The lowest BCUT2D eigenvalue weighted by Crippen LogP contribution is -2.54. The lowest BCUT2D eigenvalue weighted by Gasteiger charge is -2.31. The van der Waals surface area contributed by atoms with Gasteiger partial charge in [0.1, 0.15) is 24.4 Å². The molecule has 9 nitrogen and oxygen atoms in total. The van der Waals surface area contributed by atoms with Crippen molar-refractivity contribution in [2.24, 2.45) is 5.92 Å². The van der Waals surface area contributed by atoms with Gasteiger partial charge >= 0.3 is 12.1 Å². The number of urea groups is 1. The maximum absolute atomic E-state index is 13.6.